The molecule has 2 saturated heterocycles. The van der Waals surface area contributed by atoms with Crippen molar-refractivity contribution >= 4 is 5.78 Å². The number of rotatable bonds is 3. The number of Topliss-reactive ketones (excluding diaryl/α,β-unsaturated/α-hetero) is 1. The van der Waals surface area contributed by atoms with Gasteiger partial charge in [0.05, 0.1) is 18.8 Å². The highest BCUT2D eigenvalue weighted by atomic mass is 16.6. The largest absolute Gasteiger partial charge is 0.370 e. The molecule has 18 heavy (non-hydrogen) atoms. The molecule has 2 bridgehead atoms. The number of carbonyl (C=O) groups excluding carboxylic acids is 1. The van der Waals surface area contributed by atoms with Gasteiger partial charge in [0, 0.05) is 12.3 Å². The molecule has 3 nitrogen and oxygen atoms in total. The fourth-order valence-corrected chi connectivity index (χ4v) is 3.09. The van der Waals surface area contributed by atoms with E-state index < -0.39 is 5.60 Å². The standard InChI is InChI=1S/C15H18O3/c1-10-12-8-13(16)15(2,18-12)14(10)17-9-11-6-4-3-5-7-11/h3-7,10,12,14H,8-9H2,1-2H3/t10-,12-,14+,15-/m1/s1. The molecule has 0 N–H and O–H groups in total. The summed E-state index contributed by atoms with van der Waals surface area (Å²) in [5.41, 5.74) is 0.405. The SMILES string of the molecule is C[C@@H]1[C@H]2CC(=O)[C@@](C)(O2)[C@H]1OCc1ccccc1. The van der Waals surface area contributed by atoms with Crippen molar-refractivity contribution in [1.29, 1.82) is 0 Å². The molecule has 0 aromatic heterocycles. The number of hydrogen-bond donors (Lipinski definition) is 0. The van der Waals surface area contributed by atoms with E-state index in [4.69, 9.17) is 9.47 Å². The molecular weight excluding hydrogens is 228 g/mol. The Balaban J connectivity index is 1.72. The van der Waals surface area contributed by atoms with Crippen molar-refractivity contribution in [3.63, 3.8) is 0 Å². The molecule has 96 valence electrons. The Morgan fingerprint density at radius 2 is 2.11 bits per heavy atom. The minimum Gasteiger partial charge on any atom is -0.370 e. The number of ketones is 1. The highest BCUT2D eigenvalue weighted by Crippen LogP contribution is 2.46. The van der Waals surface area contributed by atoms with Crippen molar-refractivity contribution in [2.75, 3.05) is 0 Å². The fraction of sp³-hybridized carbons (Fsp3) is 0.533. The highest BCUT2D eigenvalue weighted by Gasteiger charge is 2.61. The first-order chi connectivity index (χ1) is 8.61. The van der Waals surface area contributed by atoms with E-state index >= 15 is 0 Å². The molecule has 1 aromatic rings. The van der Waals surface area contributed by atoms with E-state index in [0.29, 0.717) is 13.0 Å². The number of ether oxygens (including phenoxy) is 2. The Hall–Kier alpha value is -1.19. The minimum atomic E-state index is -0.723. The van der Waals surface area contributed by atoms with Gasteiger partial charge in [-0.2, -0.15) is 0 Å². The van der Waals surface area contributed by atoms with Crippen molar-refractivity contribution in [2.24, 2.45) is 5.92 Å². The summed E-state index contributed by atoms with van der Waals surface area (Å²) in [5, 5.41) is 0. The summed E-state index contributed by atoms with van der Waals surface area (Å²) < 4.78 is 11.8. The summed E-state index contributed by atoms with van der Waals surface area (Å²) in [7, 11) is 0. The van der Waals surface area contributed by atoms with Crippen LogP contribution in [0.2, 0.25) is 0 Å². The van der Waals surface area contributed by atoms with Gasteiger partial charge >= 0.3 is 0 Å². The number of fused-ring (bicyclic) bond motifs is 2. The third-order valence-electron chi connectivity index (χ3n) is 4.22. The van der Waals surface area contributed by atoms with E-state index in [1.54, 1.807) is 0 Å². The molecular formula is C15H18O3. The maximum Gasteiger partial charge on any atom is 0.169 e. The van der Waals surface area contributed by atoms with Crippen LogP contribution in [0, 0.1) is 5.92 Å². The zero-order valence-electron chi connectivity index (χ0n) is 10.8. The van der Waals surface area contributed by atoms with Gasteiger partial charge in [0.2, 0.25) is 0 Å². The number of hydrogen-bond acceptors (Lipinski definition) is 3. The van der Waals surface area contributed by atoms with Crippen LogP contribution in [-0.2, 0) is 20.9 Å². The molecule has 2 fully saturated rings. The molecule has 1 aromatic carbocycles. The molecule has 2 aliphatic heterocycles. The fourth-order valence-electron chi connectivity index (χ4n) is 3.09. The predicted molar refractivity (Wildman–Crippen MR) is 67.1 cm³/mol. The van der Waals surface area contributed by atoms with Gasteiger partial charge in [0.25, 0.3) is 0 Å². The van der Waals surface area contributed by atoms with Gasteiger partial charge in [-0.25, -0.2) is 0 Å². The summed E-state index contributed by atoms with van der Waals surface area (Å²) in [6.45, 7) is 4.52. The smallest absolute Gasteiger partial charge is 0.169 e. The van der Waals surface area contributed by atoms with Crippen LogP contribution in [0.3, 0.4) is 0 Å². The summed E-state index contributed by atoms with van der Waals surface area (Å²) in [4.78, 5) is 11.9. The Morgan fingerprint density at radius 3 is 2.78 bits per heavy atom. The number of carbonyl (C=O) groups is 1. The first-order valence-corrected chi connectivity index (χ1v) is 6.48. The third kappa shape index (κ3) is 1.70. The van der Waals surface area contributed by atoms with Gasteiger partial charge in [0.1, 0.15) is 0 Å². The quantitative estimate of drug-likeness (QED) is 0.821. The van der Waals surface area contributed by atoms with Crippen LogP contribution in [0.5, 0.6) is 0 Å². The van der Waals surface area contributed by atoms with Crippen LogP contribution in [0.4, 0.5) is 0 Å². The molecule has 2 aliphatic rings. The van der Waals surface area contributed by atoms with Crippen LogP contribution in [0.1, 0.15) is 25.8 Å². The maximum absolute atomic E-state index is 11.9. The molecule has 2 heterocycles. The van der Waals surface area contributed by atoms with Gasteiger partial charge in [-0.3, -0.25) is 4.79 Å². The second-order valence-electron chi connectivity index (χ2n) is 5.47. The topological polar surface area (TPSA) is 35.5 Å². The van der Waals surface area contributed by atoms with E-state index in [1.165, 1.54) is 0 Å². The molecule has 3 heteroatoms. The first kappa shape index (κ1) is 11.9. The van der Waals surface area contributed by atoms with Gasteiger partial charge in [-0.05, 0) is 12.5 Å². The zero-order valence-corrected chi connectivity index (χ0v) is 10.8. The third-order valence-corrected chi connectivity index (χ3v) is 4.22. The van der Waals surface area contributed by atoms with Gasteiger partial charge in [-0.15, -0.1) is 0 Å². The first-order valence-electron chi connectivity index (χ1n) is 6.48. The molecule has 0 radical (unpaired) electrons. The Kier molecular flexibility index (Phi) is 2.76. The zero-order chi connectivity index (χ0) is 12.8. The van der Waals surface area contributed by atoms with E-state index in [0.717, 1.165) is 5.56 Å². The van der Waals surface area contributed by atoms with Crippen LogP contribution in [0.25, 0.3) is 0 Å². The van der Waals surface area contributed by atoms with Crippen LogP contribution in [0.15, 0.2) is 30.3 Å². The maximum atomic E-state index is 11.9. The van der Waals surface area contributed by atoms with Crippen LogP contribution < -0.4 is 0 Å². The summed E-state index contributed by atoms with van der Waals surface area (Å²) in [5.74, 6) is 0.472. The normalized spacial score (nSPS) is 38.3. The molecule has 0 spiro atoms. The Labute approximate surface area is 107 Å². The lowest BCUT2D eigenvalue weighted by Crippen LogP contribution is -2.47. The molecule has 0 saturated carbocycles. The summed E-state index contributed by atoms with van der Waals surface area (Å²) >= 11 is 0. The highest BCUT2D eigenvalue weighted by molar-refractivity contribution is 5.91. The Bertz CT molecular complexity index is 456. The lowest BCUT2D eigenvalue weighted by molar-refractivity contribution is -0.141. The molecule has 0 amide bonds. The van der Waals surface area contributed by atoms with Crippen molar-refractivity contribution in [3.8, 4) is 0 Å². The summed E-state index contributed by atoms with van der Waals surface area (Å²) in [6.07, 6.45) is 0.468. The Morgan fingerprint density at radius 1 is 1.39 bits per heavy atom. The molecule has 0 unspecified atom stereocenters. The van der Waals surface area contributed by atoms with Crippen LogP contribution in [-0.4, -0.2) is 23.6 Å². The monoisotopic (exact) mass is 246 g/mol. The van der Waals surface area contributed by atoms with Crippen molar-refractivity contribution in [2.45, 2.75) is 44.7 Å². The van der Waals surface area contributed by atoms with Gasteiger partial charge < -0.3 is 9.47 Å². The molecule has 0 aliphatic carbocycles. The molecule has 3 rings (SSSR count). The summed E-state index contributed by atoms with van der Waals surface area (Å²) in [6, 6.07) is 10.0. The second-order valence-corrected chi connectivity index (χ2v) is 5.47. The van der Waals surface area contributed by atoms with E-state index in [-0.39, 0.29) is 23.9 Å². The lowest BCUT2D eigenvalue weighted by atomic mass is 9.79. The van der Waals surface area contributed by atoms with Crippen LogP contribution >= 0.6 is 0 Å². The second kappa shape index (κ2) is 4.18. The average molecular weight is 246 g/mol. The molecule has 4 atom stereocenters. The predicted octanol–water partition coefficient (Wildman–Crippen LogP) is 2.34. The van der Waals surface area contributed by atoms with Gasteiger partial charge in [0.15, 0.2) is 11.4 Å². The average Bonchev–Trinajstić information content (AvgIpc) is 2.79. The van der Waals surface area contributed by atoms with E-state index in [1.807, 2.05) is 37.3 Å². The number of benzene rings is 1. The van der Waals surface area contributed by atoms with Crippen molar-refractivity contribution in [1.82, 2.24) is 0 Å². The van der Waals surface area contributed by atoms with Crippen molar-refractivity contribution < 1.29 is 14.3 Å². The van der Waals surface area contributed by atoms with E-state index in [9.17, 15) is 4.79 Å². The van der Waals surface area contributed by atoms with Crippen molar-refractivity contribution in [3.05, 3.63) is 35.9 Å². The lowest BCUT2D eigenvalue weighted by Gasteiger charge is -2.30. The minimum absolute atomic E-state index is 0.0447. The van der Waals surface area contributed by atoms with E-state index in [2.05, 4.69) is 6.92 Å². The van der Waals surface area contributed by atoms with Gasteiger partial charge in [-0.1, -0.05) is 37.3 Å².